The van der Waals surface area contributed by atoms with Gasteiger partial charge in [0.2, 0.25) is 0 Å². The highest BCUT2D eigenvalue weighted by molar-refractivity contribution is 6.15. The number of benzene rings is 4. The van der Waals surface area contributed by atoms with E-state index in [1.165, 1.54) is 0 Å². The normalized spacial score (nSPS) is 11.6. The summed E-state index contributed by atoms with van der Waals surface area (Å²) in [6.07, 6.45) is 0. The number of imidazole rings is 1. The molecule has 0 atom stereocenters. The molecule has 33 heavy (non-hydrogen) atoms. The molecule has 154 valence electrons. The predicted octanol–water partition coefficient (Wildman–Crippen LogP) is 6.92. The molecule has 0 fully saturated rings. The van der Waals surface area contributed by atoms with Crippen molar-refractivity contribution in [2.24, 2.45) is 0 Å². The van der Waals surface area contributed by atoms with Crippen LogP contribution < -0.4 is 0 Å². The summed E-state index contributed by atoms with van der Waals surface area (Å²) in [6, 6.07) is 37.2. The first-order chi connectivity index (χ1) is 16.4. The lowest BCUT2D eigenvalue weighted by atomic mass is 10.0. The van der Waals surface area contributed by atoms with Crippen LogP contribution in [-0.2, 0) is 0 Å². The van der Waals surface area contributed by atoms with Crippen LogP contribution in [0.2, 0.25) is 0 Å². The van der Waals surface area contributed by atoms with Crippen LogP contribution in [0.5, 0.6) is 0 Å². The van der Waals surface area contributed by atoms with Crippen LogP contribution in [0.3, 0.4) is 0 Å². The van der Waals surface area contributed by atoms with Crippen molar-refractivity contribution in [3.63, 3.8) is 0 Å². The molecular formula is C29H18N4. The van der Waals surface area contributed by atoms with Gasteiger partial charge in [-0.1, -0.05) is 97.1 Å². The minimum Gasteiger partial charge on any atom is -0.288 e. The highest BCUT2D eigenvalue weighted by Gasteiger charge is 2.20. The molecule has 0 aliphatic carbocycles. The van der Waals surface area contributed by atoms with Gasteiger partial charge in [0.1, 0.15) is 11.2 Å². The molecule has 0 spiro atoms. The fourth-order valence-corrected chi connectivity index (χ4v) is 4.69. The number of hydrogen-bond acceptors (Lipinski definition) is 3. The van der Waals surface area contributed by atoms with Gasteiger partial charge < -0.3 is 0 Å². The van der Waals surface area contributed by atoms with Crippen LogP contribution in [0.25, 0.3) is 61.1 Å². The Labute approximate surface area is 189 Å². The zero-order valence-corrected chi connectivity index (χ0v) is 17.7. The van der Waals surface area contributed by atoms with Gasteiger partial charge in [-0.15, -0.1) is 0 Å². The monoisotopic (exact) mass is 422 g/mol. The van der Waals surface area contributed by atoms with Crippen LogP contribution >= 0.6 is 0 Å². The molecule has 0 saturated carbocycles. The first kappa shape index (κ1) is 18.0. The summed E-state index contributed by atoms with van der Waals surface area (Å²) < 4.78 is 2.23. The molecule has 0 aliphatic heterocycles. The van der Waals surface area contributed by atoms with Crippen molar-refractivity contribution < 1.29 is 0 Å². The predicted molar refractivity (Wildman–Crippen MR) is 134 cm³/mol. The first-order valence-electron chi connectivity index (χ1n) is 11.0. The molecular weight excluding hydrogens is 404 g/mol. The van der Waals surface area contributed by atoms with Crippen molar-refractivity contribution in [3.05, 3.63) is 109 Å². The van der Waals surface area contributed by atoms with E-state index in [0.717, 1.165) is 61.1 Å². The lowest BCUT2D eigenvalue weighted by molar-refractivity contribution is 1.19. The Kier molecular flexibility index (Phi) is 3.81. The average Bonchev–Trinajstić information content (AvgIpc) is 3.29. The van der Waals surface area contributed by atoms with Crippen molar-refractivity contribution in [2.75, 3.05) is 0 Å². The maximum atomic E-state index is 5.14. The summed E-state index contributed by atoms with van der Waals surface area (Å²) in [6.45, 7) is 0. The second kappa shape index (κ2) is 6.97. The maximum absolute atomic E-state index is 5.14. The zero-order chi connectivity index (χ0) is 21.8. The van der Waals surface area contributed by atoms with Gasteiger partial charge in [0.25, 0.3) is 0 Å². The van der Waals surface area contributed by atoms with Crippen LogP contribution in [0.15, 0.2) is 109 Å². The summed E-state index contributed by atoms with van der Waals surface area (Å²) in [5.41, 5.74) is 7.79. The van der Waals surface area contributed by atoms with Crippen molar-refractivity contribution in [1.29, 1.82) is 0 Å². The molecule has 7 rings (SSSR count). The lowest BCUT2D eigenvalue weighted by Gasteiger charge is -2.14. The lowest BCUT2D eigenvalue weighted by Crippen LogP contribution is -2.01. The second-order valence-electron chi connectivity index (χ2n) is 8.13. The summed E-state index contributed by atoms with van der Waals surface area (Å²) in [5, 5.41) is 2.16. The van der Waals surface area contributed by atoms with E-state index in [2.05, 4.69) is 83.3 Å². The van der Waals surface area contributed by atoms with Crippen LogP contribution in [0.1, 0.15) is 0 Å². The Morgan fingerprint density at radius 2 is 1.15 bits per heavy atom. The number of pyridine rings is 1. The Morgan fingerprint density at radius 3 is 1.94 bits per heavy atom. The van der Waals surface area contributed by atoms with E-state index >= 15 is 0 Å². The Bertz CT molecular complexity index is 1800. The third kappa shape index (κ3) is 2.68. The average molecular weight is 422 g/mol. The van der Waals surface area contributed by atoms with Crippen molar-refractivity contribution in [3.8, 4) is 22.6 Å². The van der Waals surface area contributed by atoms with Gasteiger partial charge in [0.05, 0.1) is 22.2 Å². The number of hydrogen-bond donors (Lipinski definition) is 0. The molecule has 0 aliphatic rings. The van der Waals surface area contributed by atoms with Crippen molar-refractivity contribution in [2.45, 2.75) is 0 Å². The van der Waals surface area contributed by atoms with Gasteiger partial charge in [0.15, 0.2) is 5.82 Å². The van der Waals surface area contributed by atoms with Crippen LogP contribution in [0, 0.1) is 0 Å². The number of fused-ring (bicyclic) bond motifs is 8. The van der Waals surface area contributed by atoms with E-state index in [0.29, 0.717) is 0 Å². The molecule has 0 bridgehead atoms. The zero-order valence-electron chi connectivity index (χ0n) is 17.7. The molecule has 7 aromatic rings. The van der Waals surface area contributed by atoms with E-state index in [1.54, 1.807) is 0 Å². The fourth-order valence-electron chi connectivity index (χ4n) is 4.69. The number of para-hydroxylation sites is 2. The van der Waals surface area contributed by atoms with Gasteiger partial charge in [-0.25, -0.2) is 15.0 Å². The Morgan fingerprint density at radius 1 is 0.515 bits per heavy atom. The van der Waals surface area contributed by atoms with E-state index in [1.807, 2.05) is 30.3 Å². The summed E-state index contributed by atoms with van der Waals surface area (Å²) >= 11 is 0. The largest absolute Gasteiger partial charge is 0.288 e. The summed E-state index contributed by atoms with van der Waals surface area (Å²) in [4.78, 5) is 15.3. The van der Waals surface area contributed by atoms with Gasteiger partial charge in [-0.05, 0) is 12.1 Å². The van der Waals surface area contributed by atoms with Gasteiger partial charge in [-0.2, -0.15) is 0 Å². The van der Waals surface area contributed by atoms with Crippen LogP contribution in [0.4, 0.5) is 0 Å². The molecule has 0 saturated heterocycles. The Balaban J connectivity index is 1.78. The molecule has 4 heteroatoms. The van der Waals surface area contributed by atoms with Crippen LogP contribution in [-0.4, -0.2) is 19.4 Å². The van der Waals surface area contributed by atoms with Gasteiger partial charge in [-0.3, -0.25) is 4.40 Å². The minimum atomic E-state index is 0.718. The topological polar surface area (TPSA) is 43.1 Å². The molecule has 0 unspecified atom stereocenters. The number of aromatic nitrogens is 4. The third-order valence-corrected chi connectivity index (χ3v) is 6.17. The Hall–Kier alpha value is -4.57. The summed E-state index contributed by atoms with van der Waals surface area (Å²) in [7, 11) is 0. The molecule has 3 aromatic heterocycles. The highest BCUT2D eigenvalue weighted by atomic mass is 15.0. The number of rotatable bonds is 2. The molecule has 0 amide bonds. The van der Waals surface area contributed by atoms with Gasteiger partial charge in [0, 0.05) is 21.9 Å². The summed E-state index contributed by atoms with van der Waals surface area (Å²) in [5.74, 6) is 0.718. The minimum absolute atomic E-state index is 0.718. The molecule has 0 N–H and O–H groups in total. The third-order valence-electron chi connectivity index (χ3n) is 6.17. The SMILES string of the molecule is c1ccc(-c2nc(-c3ccccc3)c3c(n2)c2ccccc2c2nc4ccccc4n23)cc1. The molecule has 4 aromatic carbocycles. The smallest absolute Gasteiger partial charge is 0.160 e. The van der Waals surface area contributed by atoms with E-state index in [4.69, 9.17) is 15.0 Å². The highest BCUT2D eigenvalue weighted by Crippen LogP contribution is 2.36. The van der Waals surface area contributed by atoms with Crippen molar-refractivity contribution >= 4 is 38.5 Å². The van der Waals surface area contributed by atoms with E-state index < -0.39 is 0 Å². The van der Waals surface area contributed by atoms with Crippen molar-refractivity contribution in [1.82, 2.24) is 19.4 Å². The van der Waals surface area contributed by atoms with E-state index in [-0.39, 0.29) is 0 Å². The molecule has 0 radical (unpaired) electrons. The standard InChI is InChI=1S/C29H18N4/c1-3-11-19(12-4-1)25-27-26(32-28(31-25)20-13-5-2-6-14-20)21-15-7-8-16-22(21)29-30-23-17-9-10-18-24(23)33(27)29/h1-18H. The maximum Gasteiger partial charge on any atom is 0.160 e. The number of nitrogens with zero attached hydrogens (tertiary/aromatic N) is 4. The van der Waals surface area contributed by atoms with E-state index in [9.17, 15) is 0 Å². The quantitative estimate of drug-likeness (QED) is 0.284. The second-order valence-corrected chi connectivity index (χ2v) is 8.13. The molecule has 3 heterocycles. The first-order valence-corrected chi connectivity index (χ1v) is 11.0. The fraction of sp³-hybridized carbons (Fsp3) is 0. The molecule has 4 nitrogen and oxygen atoms in total. The van der Waals surface area contributed by atoms with Gasteiger partial charge >= 0.3 is 0 Å².